The number of carbonyl (C=O) groups is 1. The van der Waals surface area contributed by atoms with Crippen molar-refractivity contribution >= 4 is 17.5 Å². The van der Waals surface area contributed by atoms with Gasteiger partial charge in [-0.05, 0) is 36.8 Å². The summed E-state index contributed by atoms with van der Waals surface area (Å²) in [6.07, 6.45) is 1.58. The fourth-order valence-corrected chi connectivity index (χ4v) is 3.84. The van der Waals surface area contributed by atoms with Crippen LogP contribution in [0.4, 0.5) is 11.6 Å². The van der Waals surface area contributed by atoms with Crippen molar-refractivity contribution in [3.63, 3.8) is 0 Å². The molecule has 1 aliphatic heterocycles. The number of anilines is 2. The van der Waals surface area contributed by atoms with Gasteiger partial charge in [0.2, 0.25) is 11.8 Å². The molecule has 8 heteroatoms. The van der Waals surface area contributed by atoms with E-state index in [1.807, 2.05) is 49.4 Å². The highest BCUT2D eigenvalue weighted by Crippen LogP contribution is 2.37. The molecule has 1 aliphatic rings. The number of methoxy groups -OCH3 is 1. The molecule has 2 aromatic heterocycles. The lowest BCUT2D eigenvalue weighted by Gasteiger charge is -2.28. The smallest absolute Gasteiger partial charge is 0.255 e. The van der Waals surface area contributed by atoms with Gasteiger partial charge in [0.25, 0.3) is 5.91 Å². The molecule has 0 fully saturated rings. The second-order valence-corrected chi connectivity index (χ2v) is 7.31. The zero-order valence-electron chi connectivity index (χ0n) is 17.6. The number of hydrogen-bond donors (Lipinski definition) is 2. The first-order valence-corrected chi connectivity index (χ1v) is 10.1. The van der Waals surface area contributed by atoms with Crippen molar-refractivity contribution in [2.24, 2.45) is 0 Å². The highest BCUT2D eigenvalue weighted by Gasteiger charge is 2.34. The largest absolute Gasteiger partial charge is 0.495 e. The summed E-state index contributed by atoms with van der Waals surface area (Å²) in [7, 11) is 1.57. The van der Waals surface area contributed by atoms with E-state index in [4.69, 9.17) is 9.15 Å². The van der Waals surface area contributed by atoms with Crippen LogP contribution in [0.1, 0.15) is 18.5 Å². The van der Waals surface area contributed by atoms with E-state index >= 15 is 0 Å². The molecule has 0 spiro atoms. The Labute approximate surface area is 184 Å². The molecule has 32 heavy (non-hydrogen) atoms. The van der Waals surface area contributed by atoms with E-state index < -0.39 is 6.04 Å². The van der Waals surface area contributed by atoms with E-state index in [9.17, 15) is 4.79 Å². The van der Waals surface area contributed by atoms with Gasteiger partial charge in [-0.3, -0.25) is 4.79 Å². The molecule has 2 aromatic carbocycles. The number of para-hydroxylation sites is 2. The van der Waals surface area contributed by atoms with E-state index in [2.05, 4.69) is 20.7 Å². The Bertz CT molecular complexity index is 1290. The van der Waals surface area contributed by atoms with Crippen LogP contribution in [0.3, 0.4) is 0 Å². The molecule has 0 aliphatic carbocycles. The van der Waals surface area contributed by atoms with Crippen molar-refractivity contribution in [3.8, 4) is 17.3 Å². The van der Waals surface area contributed by atoms with Gasteiger partial charge in [0.1, 0.15) is 11.8 Å². The summed E-state index contributed by atoms with van der Waals surface area (Å²) in [5.41, 5.74) is 2.73. The number of rotatable bonds is 5. The number of furan rings is 1. The predicted octanol–water partition coefficient (Wildman–Crippen LogP) is 4.47. The van der Waals surface area contributed by atoms with Gasteiger partial charge in [-0.2, -0.15) is 4.98 Å². The van der Waals surface area contributed by atoms with Gasteiger partial charge >= 0.3 is 0 Å². The Balaban J connectivity index is 1.59. The summed E-state index contributed by atoms with van der Waals surface area (Å²) in [5, 5.41) is 10.9. The maximum atomic E-state index is 13.5. The first-order valence-electron chi connectivity index (χ1n) is 10.1. The molecule has 1 atom stereocenters. The van der Waals surface area contributed by atoms with E-state index in [-0.39, 0.29) is 5.91 Å². The van der Waals surface area contributed by atoms with Gasteiger partial charge in [-0.1, -0.05) is 42.5 Å². The molecule has 8 nitrogen and oxygen atoms in total. The monoisotopic (exact) mass is 427 g/mol. The lowest BCUT2D eigenvalue weighted by molar-refractivity contribution is -0.113. The van der Waals surface area contributed by atoms with Gasteiger partial charge in [-0.25, -0.2) is 4.68 Å². The summed E-state index contributed by atoms with van der Waals surface area (Å²) in [4.78, 5) is 18.1. The van der Waals surface area contributed by atoms with Gasteiger partial charge in [0.05, 0.1) is 24.6 Å². The topological polar surface area (TPSA) is 94.2 Å². The number of amides is 1. The lowest BCUT2D eigenvalue weighted by Crippen LogP contribution is -2.31. The Morgan fingerprint density at radius 2 is 1.88 bits per heavy atom. The molecule has 0 radical (unpaired) electrons. The molecule has 5 rings (SSSR count). The lowest BCUT2D eigenvalue weighted by atomic mass is 9.95. The average Bonchev–Trinajstić information content (AvgIpc) is 3.49. The first-order chi connectivity index (χ1) is 15.7. The summed E-state index contributed by atoms with van der Waals surface area (Å²) in [5.74, 6) is 1.86. The minimum Gasteiger partial charge on any atom is -0.495 e. The van der Waals surface area contributed by atoms with Crippen LogP contribution in [0.25, 0.3) is 11.6 Å². The molecule has 0 saturated heterocycles. The normalized spacial score (nSPS) is 15.1. The van der Waals surface area contributed by atoms with Crippen molar-refractivity contribution in [2.75, 3.05) is 17.7 Å². The van der Waals surface area contributed by atoms with Gasteiger partial charge in [-0.15, -0.1) is 5.10 Å². The molecule has 1 amide bonds. The summed E-state index contributed by atoms with van der Waals surface area (Å²) in [6, 6.07) is 20.2. The molecular weight excluding hydrogens is 406 g/mol. The fraction of sp³-hybridized carbons (Fsp3) is 0.125. The maximum absolute atomic E-state index is 13.5. The highest BCUT2D eigenvalue weighted by atomic mass is 16.5. The van der Waals surface area contributed by atoms with Crippen molar-refractivity contribution in [3.05, 3.63) is 89.8 Å². The number of nitrogens with zero attached hydrogens (tertiary/aromatic N) is 3. The second kappa shape index (κ2) is 8.07. The Morgan fingerprint density at radius 1 is 1.09 bits per heavy atom. The minimum absolute atomic E-state index is 0.256. The molecule has 0 saturated carbocycles. The minimum atomic E-state index is -0.474. The summed E-state index contributed by atoms with van der Waals surface area (Å²) >= 11 is 0. The fourth-order valence-electron chi connectivity index (χ4n) is 3.84. The quantitative estimate of drug-likeness (QED) is 0.488. The van der Waals surface area contributed by atoms with Crippen LogP contribution >= 0.6 is 0 Å². The summed E-state index contributed by atoms with van der Waals surface area (Å²) in [6.45, 7) is 1.86. The van der Waals surface area contributed by atoms with Crippen molar-refractivity contribution < 1.29 is 13.9 Å². The third-order valence-electron chi connectivity index (χ3n) is 5.31. The van der Waals surface area contributed by atoms with Crippen LogP contribution in [0, 0.1) is 0 Å². The summed E-state index contributed by atoms with van der Waals surface area (Å²) < 4.78 is 12.6. The molecular formula is C24H21N5O3. The third-order valence-corrected chi connectivity index (χ3v) is 5.31. The Hall–Kier alpha value is -4.33. The number of hydrogen-bond acceptors (Lipinski definition) is 6. The first kappa shape index (κ1) is 19.6. The maximum Gasteiger partial charge on any atom is 0.255 e. The Morgan fingerprint density at radius 3 is 2.62 bits per heavy atom. The van der Waals surface area contributed by atoms with Crippen molar-refractivity contribution in [2.45, 2.75) is 13.0 Å². The van der Waals surface area contributed by atoms with Crippen molar-refractivity contribution in [1.29, 1.82) is 0 Å². The van der Waals surface area contributed by atoms with Crippen LogP contribution in [0.5, 0.6) is 5.75 Å². The van der Waals surface area contributed by atoms with Crippen LogP contribution in [0.15, 0.2) is 88.7 Å². The number of allylic oxidation sites excluding steroid dienone is 1. The van der Waals surface area contributed by atoms with E-state index in [1.165, 1.54) is 0 Å². The molecule has 0 bridgehead atoms. The highest BCUT2D eigenvalue weighted by molar-refractivity contribution is 6.06. The number of nitrogens with one attached hydrogen (secondary N) is 2. The van der Waals surface area contributed by atoms with Crippen LogP contribution in [0.2, 0.25) is 0 Å². The standard InChI is InChI=1S/C24H21N5O3/c1-15-20(23(30)26-17-11-6-7-12-18(17)31-2)21(16-9-4-3-5-10-16)29-24(25-15)27-22(28-29)19-13-8-14-32-19/h3-14,21H,1-2H3,(H,26,30)(H,25,27,28)/t21-/m0/s1. The SMILES string of the molecule is COc1ccccc1NC(=O)C1=C(C)Nc2nc(-c3ccco3)nn2[C@H]1c1ccccc1. The molecule has 0 unspecified atom stereocenters. The predicted molar refractivity (Wildman–Crippen MR) is 120 cm³/mol. The average molecular weight is 427 g/mol. The molecule has 3 heterocycles. The number of fused-ring (bicyclic) bond motifs is 1. The number of carbonyl (C=O) groups excluding carboxylic acids is 1. The van der Waals surface area contributed by atoms with Gasteiger partial charge in [0.15, 0.2) is 5.76 Å². The third kappa shape index (κ3) is 3.41. The van der Waals surface area contributed by atoms with Crippen LogP contribution < -0.4 is 15.4 Å². The second-order valence-electron chi connectivity index (χ2n) is 7.31. The van der Waals surface area contributed by atoms with E-state index in [0.29, 0.717) is 40.2 Å². The van der Waals surface area contributed by atoms with E-state index in [0.717, 1.165) is 5.56 Å². The number of aromatic nitrogens is 3. The van der Waals surface area contributed by atoms with Gasteiger partial charge < -0.3 is 19.8 Å². The van der Waals surface area contributed by atoms with Crippen molar-refractivity contribution in [1.82, 2.24) is 14.8 Å². The number of benzene rings is 2. The zero-order chi connectivity index (χ0) is 22.1. The molecule has 2 N–H and O–H groups in total. The molecule has 4 aromatic rings. The number of ether oxygens (including phenoxy) is 1. The van der Waals surface area contributed by atoms with Crippen LogP contribution in [-0.2, 0) is 4.79 Å². The van der Waals surface area contributed by atoms with E-state index in [1.54, 1.807) is 42.3 Å². The van der Waals surface area contributed by atoms with Crippen LogP contribution in [-0.4, -0.2) is 27.8 Å². The molecule has 160 valence electrons. The Kier molecular flexibility index (Phi) is 4.95. The van der Waals surface area contributed by atoms with Gasteiger partial charge in [0, 0.05) is 5.70 Å². The zero-order valence-corrected chi connectivity index (χ0v) is 17.6.